The molecule has 1 aromatic heterocycles. The van der Waals surface area contributed by atoms with Crippen molar-refractivity contribution in [3.8, 4) is 0 Å². The minimum absolute atomic E-state index is 0.578. The van der Waals surface area contributed by atoms with Gasteiger partial charge in [-0.25, -0.2) is 0 Å². The first-order valence-corrected chi connectivity index (χ1v) is 6.23. The zero-order valence-electron chi connectivity index (χ0n) is 8.30. The second-order valence-corrected chi connectivity index (χ2v) is 5.46. The van der Waals surface area contributed by atoms with Gasteiger partial charge in [-0.05, 0) is 40.2 Å². The zero-order chi connectivity index (χ0) is 9.84. The first kappa shape index (κ1) is 11.2. The molecule has 0 saturated heterocycles. The van der Waals surface area contributed by atoms with E-state index in [-0.39, 0.29) is 0 Å². The largest absolute Gasteiger partial charge is 0.309 e. The van der Waals surface area contributed by atoms with E-state index in [9.17, 15) is 0 Å². The van der Waals surface area contributed by atoms with Crippen LogP contribution in [0.1, 0.15) is 25.6 Å². The van der Waals surface area contributed by atoms with Crippen LogP contribution in [-0.4, -0.2) is 6.04 Å². The van der Waals surface area contributed by atoms with Crippen LogP contribution in [-0.2, 0) is 6.54 Å². The van der Waals surface area contributed by atoms with E-state index in [2.05, 4.69) is 53.5 Å². The Kier molecular flexibility index (Phi) is 4.42. The topological polar surface area (TPSA) is 12.0 Å². The first-order valence-electron chi connectivity index (χ1n) is 4.56. The molecule has 1 nitrogen and oxygen atoms in total. The average molecular weight is 262 g/mol. The van der Waals surface area contributed by atoms with Gasteiger partial charge in [0.1, 0.15) is 0 Å². The van der Waals surface area contributed by atoms with Crippen molar-refractivity contribution in [2.24, 2.45) is 5.92 Å². The van der Waals surface area contributed by atoms with Crippen LogP contribution in [0.2, 0.25) is 0 Å². The summed E-state index contributed by atoms with van der Waals surface area (Å²) in [4.78, 5) is 1.38. The quantitative estimate of drug-likeness (QED) is 0.873. The lowest BCUT2D eigenvalue weighted by Crippen LogP contribution is -2.29. The second-order valence-electron chi connectivity index (χ2n) is 3.61. The molecule has 1 unspecified atom stereocenters. The predicted octanol–water partition coefficient (Wildman–Crippen LogP) is 3.64. The fourth-order valence-electron chi connectivity index (χ4n) is 0.941. The molecule has 0 fully saturated rings. The summed E-state index contributed by atoms with van der Waals surface area (Å²) >= 11 is 5.32. The van der Waals surface area contributed by atoms with Gasteiger partial charge in [-0.1, -0.05) is 13.8 Å². The molecular weight excluding hydrogens is 246 g/mol. The molecule has 0 radical (unpaired) electrons. The lowest BCUT2D eigenvalue weighted by molar-refractivity contribution is 0.427. The normalized spacial score (nSPS) is 13.6. The maximum absolute atomic E-state index is 3.52. The fraction of sp³-hybridized carbons (Fsp3) is 0.600. The highest BCUT2D eigenvalue weighted by atomic mass is 79.9. The number of hydrogen-bond donors (Lipinski definition) is 1. The van der Waals surface area contributed by atoms with Crippen LogP contribution in [0.25, 0.3) is 0 Å². The van der Waals surface area contributed by atoms with Gasteiger partial charge in [-0.15, -0.1) is 11.3 Å². The van der Waals surface area contributed by atoms with Gasteiger partial charge >= 0.3 is 0 Å². The van der Waals surface area contributed by atoms with Crippen LogP contribution in [0.4, 0.5) is 0 Å². The van der Waals surface area contributed by atoms with Gasteiger partial charge in [0, 0.05) is 21.9 Å². The van der Waals surface area contributed by atoms with Crippen molar-refractivity contribution in [3.63, 3.8) is 0 Å². The number of hydrogen-bond acceptors (Lipinski definition) is 2. The third-order valence-electron chi connectivity index (χ3n) is 2.28. The molecule has 1 heterocycles. The SMILES string of the molecule is CC(C)C(C)NCc1sccc1Br. The highest BCUT2D eigenvalue weighted by molar-refractivity contribution is 9.10. The van der Waals surface area contributed by atoms with E-state index in [0.29, 0.717) is 12.0 Å². The molecular formula is C10H16BrNS. The first-order chi connectivity index (χ1) is 6.11. The number of rotatable bonds is 4. The summed E-state index contributed by atoms with van der Waals surface area (Å²) in [7, 11) is 0. The Bertz CT molecular complexity index is 257. The van der Waals surface area contributed by atoms with Crippen molar-refractivity contribution in [1.29, 1.82) is 0 Å². The summed E-state index contributed by atoms with van der Waals surface area (Å²) in [6, 6.07) is 2.68. The number of thiophene rings is 1. The molecule has 0 saturated carbocycles. The fourth-order valence-corrected chi connectivity index (χ4v) is 2.38. The lowest BCUT2D eigenvalue weighted by Gasteiger charge is -2.16. The Balaban J connectivity index is 2.39. The van der Waals surface area contributed by atoms with Gasteiger partial charge < -0.3 is 5.32 Å². The van der Waals surface area contributed by atoms with E-state index in [0.717, 1.165) is 6.54 Å². The van der Waals surface area contributed by atoms with Crippen LogP contribution < -0.4 is 5.32 Å². The minimum atomic E-state index is 0.578. The van der Waals surface area contributed by atoms with Gasteiger partial charge in [0.2, 0.25) is 0 Å². The van der Waals surface area contributed by atoms with Crippen LogP contribution in [0.15, 0.2) is 15.9 Å². The van der Waals surface area contributed by atoms with E-state index >= 15 is 0 Å². The summed E-state index contributed by atoms with van der Waals surface area (Å²) in [6.45, 7) is 7.67. The molecule has 74 valence electrons. The van der Waals surface area contributed by atoms with Crippen LogP contribution in [0.5, 0.6) is 0 Å². The molecule has 0 aliphatic heterocycles. The standard InChI is InChI=1S/C10H16BrNS/c1-7(2)8(3)12-6-10-9(11)4-5-13-10/h4-5,7-8,12H,6H2,1-3H3. The third kappa shape index (κ3) is 3.41. The Hall–Kier alpha value is 0.140. The van der Waals surface area contributed by atoms with Crippen LogP contribution in [0.3, 0.4) is 0 Å². The summed E-state index contributed by atoms with van der Waals surface area (Å²) in [5, 5.41) is 5.62. The lowest BCUT2D eigenvalue weighted by atomic mass is 10.1. The molecule has 1 atom stereocenters. The van der Waals surface area contributed by atoms with Crippen molar-refractivity contribution < 1.29 is 0 Å². The van der Waals surface area contributed by atoms with Crippen molar-refractivity contribution in [1.82, 2.24) is 5.32 Å². The van der Waals surface area contributed by atoms with Crippen molar-refractivity contribution in [2.75, 3.05) is 0 Å². The maximum atomic E-state index is 3.52. The zero-order valence-corrected chi connectivity index (χ0v) is 10.7. The summed E-state index contributed by atoms with van der Waals surface area (Å²) in [5.41, 5.74) is 0. The Morgan fingerprint density at radius 3 is 2.62 bits per heavy atom. The molecule has 0 aliphatic carbocycles. The smallest absolute Gasteiger partial charge is 0.0327 e. The summed E-state index contributed by atoms with van der Waals surface area (Å²) in [6.07, 6.45) is 0. The highest BCUT2D eigenvalue weighted by Gasteiger charge is 2.07. The van der Waals surface area contributed by atoms with Gasteiger partial charge in [0.25, 0.3) is 0 Å². The van der Waals surface area contributed by atoms with Crippen LogP contribution in [0, 0.1) is 5.92 Å². The average Bonchev–Trinajstić information content (AvgIpc) is 2.47. The molecule has 0 bridgehead atoms. The molecule has 0 amide bonds. The predicted molar refractivity (Wildman–Crippen MR) is 63.2 cm³/mol. The second kappa shape index (κ2) is 5.13. The molecule has 0 aromatic carbocycles. The maximum Gasteiger partial charge on any atom is 0.0327 e. The van der Waals surface area contributed by atoms with Gasteiger partial charge in [-0.2, -0.15) is 0 Å². The van der Waals surface area contributed by atoms with Crippen molar-refractivity contribution in [2.45, 2.75) is 33.4 Å². The van der Waals surface area contributed by atoms with E-state index in [1.165, 1.54) is 9.35 Å². The third-order valence-corrected chi connectivity index (χ3v) is 4.20. The summed E-state index contributed by atoms with van der Waals surface area (Å²) in [5.74, 6) is 0.693. The van der Waals surface area contributed by atoms with Gasteiger partial charge in [0.15, 0.2) is 0 Å². The molecule has 1 rings (SSSR count). The van der Waals surface area contributed by atoms with E-state index in [4.69, 9.17) is 0 Å². The molecule has 3 heteroatoms. The van der Waals surface area contributed by atoms with Crippen LogP contribution >= 0.6 is 27.3 Å². The van der Waals surface area contributed by atoms with Crippen molar-refractivity contribution >= 4 is 27.3 Å². The van der Waals surface area contributed by atoms with E-state index < -0.39 is 0 Å². The van der Waals surface area contributed by atoms with E-state index in [1.54, 1.807) is 11.3 Å². The van der Waals surface area contributed by atoms with Gasteiger partial charge in [0.05, 0.1) is 0 Å². The van der Waals surface area contributed by atoms with Crippen molar-refractivity contribution in [3.05, 3.63) is 20.8 Å². The molecule has 0 spiro atoms. The molecule has 0 aliphatic rings. The van der Waals surface area contributed by atoms with E-state index in [1.807, 2.05) is 0 Å². The molecule has 1 aromatic rings. The summed E-state index contributed by atoms with van der Waals surface area (Å²) < 4.78 is 1.22. The Labute approximate surface area is 92.7 Å². The minimum Gasteiger partial charge on any atom is -0.309 e. The molecule has 13 heavy (non-hydrogen) atoms. The van der Waals surface area contributed by atoms with Gasteiger partial charge in [-0.3, -0.25) is 0 Å². The Morgan fingerprint density at radius 2 is 2.15 bits per heavy atom. The highest BCUT2D eigenvalue weighted by Crippen LogP contribution is 2.22. The molecule has 1 N–H and O–H groups in total. The number of nitrogens with one attached hydrogen (secondary N) is 1. The monoisotopic (exact) mass is 261 g/mol. The number of halogens is 1. The Morgan fingerprint density at radius 1 is 1.46 bits per heavy atom.